The largest absolute Gasteiger partial charge is 0.347 e. The van der Waals surface area contributed by atoms with Crippen LogP contribution in [0.4, 0.5) is 11.5 Å². The van der Waals surface area contributed by atoms with Crippen LogP contribution in [0.3, 0.4) is 0 Å². The summed E-state index contributed by atoms with van der Waals surface area (Å²) in [6.45, 7) is 6.30. The fraction of sp³-hybridized carbons (Fsp3) is 0.190. The molecule has 0 aliphatic rings. The lowest BCUT2D eigenvalue weighted by Gasteiger charge is -2.10. The topological polar surface area (TPSA) is 66.9 Å². The number of hydrogen-bond donors (Lipinski definition) is 2. The zero-order valence-corrected chi connectivity index (χ0v) is 15.2. The van der Waals surface area contributed by atoms with Gasteiger partial charge in [-0.15, -0.1) is 0 Å². The number of benzene rings is 2. The summed E-state index contributed by atoms with van der Waals surface area (Å²) in [6.07, 6.45) is 0. The van der Waals surface area contributed by atoms with Gasteiger partial charge in [-0.25, -0.2) is 9.97 Å². The maximum Gasteiger partial charge on any atom is 0.270 e. The number of nitrogens with zero attached hydrogens (tertiary/aromatic N) is 2. The standard InChI is InChI=1S/C21H22N4O/c1-14-7-9-17(10-8-14)13-22-21(26)19-12-20(24-16(3)23-19)25-18-6-4-5-15(2)11-18/h4-12H,13H2,1-3H3,(H,22,26)(H,23,24,25). The second-order valence-electron chi connectivity index (χ2n) is 6.35. The first-order chi connectivity index (χ1) is 12.5. The Hall–Kier alpha value is -3.21. The average Bonchev–Trinajstić information content (AvgIpc) is 2.60. The van der Waals surface area contributed by atoms with Crippen LogP contribution in [0.1, 0.15) is 33.0 Å². The summed E-state index contributed by atoms with van der Waals surface area (Å²) in [5, 5.41) is 6.13. The Balaban J connectivity index is 1.71. The molecule has 0 saturated carbocycles. The van der Waals surface area contributed by atoms with Gasteiger partial charge in [0.15, 0.2) is 0 Å². The van der Waals surface area contributed by atoms with E-state index in [1.165, 1.54) is 5.56 Å². The molecule has 2 N–H and O–H groups in total. The Bertz CT molecular complexity index is 920. The monoisotopic (exact) mass is 346 g/mol. The zero-order valence-electron chi connectivity index (χ0n) is 15.2. The lowest BCUT2D eigenvalue weighted by molar-refractivity contribution is 0.0945. The van der Waals surface area contributed by atoms with Crippen LogP contribution in [0.15, 0.2) is 54.6 Å². The number of carbonyl (C=O) groups excluding carboxylic acids is 1. The molecule has 1 amide bonds. The van der Waals surface area contributed by atoms with Crippen molar-refractivity contribution in [2.45, 2.75) is 27.3 Å². The van der Waals surface area contributed by atoms with Gasteiger partial charge >= 0.3 is 0 Å². The highest BCUT2D eigenvalue weighted by molar-refractivity contribution is 5.93. The molecule has 5 nitrogen and oxygen atoms in total. The van der Waals surface area contributed by atoms with Crippen molar-refractivity contribution in [1.29, 1.82) is 0 Å². The highest BCUT2D eigenvalue weighted by Gasteiger charge is 2.10. The van der Waals surface area contributed by atoms with Gasteiger partial charge in [0.25, 0.3) is 5.91 Å². The molecule has 3 rings (SSSR count). The van der Waals surface area contributed by atoms with Crippen LogP contribution >= 0.6 is 0 Å². The van der Waals surface area contributed by atoms with Gasteiger partial charge < -0.3 is 10.6 Å². The third-order valence-electron chi connectivity index (χ3n) is 3.93. The molecule has 0 radical (unpaired) electrons. The Morgan fingerprint density at radius 2 is 1.69 bits per heavy atom. The smallest absolute Gasteiger partial charge is 0.270 e. The predicted octanol–water partition coefficient (Wildman–Crippen LogP) is 4.08. The van der Waals surface area contributed by atoms with Crippen LogP contribution < -0.4 is 10.6 Å². The van der Waals surface area contributed by atoms with Crippen LogP contribution in [0, 0.1) is 20.8 Å². The van der Waals surface area contributed by atoms with E-state index in [2.05, 4.69) is 20.6 Å². The SMILES string of the molecule is Cc1ccc(CNC(=O)c2cc(Nc3cccc(C)c3)nc(C)n2)cc1. The van der Waals surface area contributed by atoms with Crippen molar-refractivity contribution < 1.29 is 4.79 Å². The summed E-state index contributed by atoms with van der Waals surface area (Å²) in [6, 6.07) is 17.7. The van der Waals surface area contributed by atoms with Crippen LogP contribution in [0.25, 0.3) is 0 Å². The average molecular weight is 346 g/mol. The minimum absolute atomic E-state index is 0.219. The molecule has 5 heteroatoms. The molecule has 26 heavy (non-hydrogen) atoms. The number of aromatic nitrogens is 2. The maximum atomic E-state index is 12.5. The van der Waals surface area contributed by atoms with E-state index in [4.69, 9.17) is 0 Å². The molecule has 132 valence electrons. The van der Waals surface area contributed by atoms with Crippen LogP contribution in [-0.4, -0.2) is 15.9 Å². The molecule has 3 aromatic rings. The van der Waals surface area contributed by atoms with Gasteiger partial charge in [0.1, 0.15) is 17.3 Å². The molecular weight excluding hydrogens is 324 g/mol. The van der Waals surface area contributed by atoms with E-state index < -0.39 is 0 Å². The summed E-state index contributed by atoms with van der Waals surface area (Å²) in [5.41, 5.74) is 4.66. The fourth-order valence-corrected chi connectivity index (χ4v) is 2.60. The minimum atomic E-state index is -0.219. The van der Waals surface area contributed by atoms with Gasteiger partial charge in [-0.1, -0.05) is 42.0 Å². The van der Waals surface area contributed by atoms with Gasteiger partial charge in [-0.3, -0.25) is 4.79 Å². The van der Waals surface area contributed by atoms with Crippen LogP contribution in [0.2, 0.25) is 0 Å². The third kappa shape index (κ3) is 4.66. The van der Waals surface area contributed by atoms with E-state index in [0.29, 0.717) is 23.9 Å². The number of aryl methyl sites for hydroxylation is 3. The summed E-state index contributed by atoms with van der Waals surface area (Å²) in [5.74, 6) is 0.926. The highest BCUT2D eigenvalue weighted by atomic mass is 16.1. The summed E-state index contributed by atoms with van der Waals surface area (Å²) >= 11 is 0. The zero-order chi connectivity index (χ0) is 18.5. The van der Waals surface area contributed by atoms with Gasteiger partial charge in [0.2, 0.25) is 0 Å². The molecule has 0 unspecified atom stereocenters. The summed E-state index contributed by atoms with van der Waals surface area (Å²) < 4.78 is 0. The molecule has 0 spiro atoms. The number of carbonyl (C=O) groups is 1. The summed E-state index contributed by atoms with van der Waals surface area (Å²) in [4.78, 5) is 21.1. The van der Waals surface area contributed by atoms with E-state index in [-0.39, 0.29) is 5.91 Å². The molecule has 0 atom stereocenters. The summed E-state index contributed by atoms with van der Waals surface area (Å²) in [7, 11) is 0. The second kappa shape index (κ2) is 7.78. The lowest BCUT2D eigenvalue weighted by Crippen LogP contribution is -2.24. The maximum absolute atomic E-state index is 12.5. The molecule has 1 aromatic heterocycles. The van der Waals surface area contributed by atoms with Crippen molar-refractivity contribution in [2.24, 2.45) is 0 Å². The molecule has 0 aliphatic carbocycles. The molecule has 0 aliphatic heterocycles. The number of rotatable bonds is 5. The predicted molar refractivity (Wildman–Crippen MR) is 104 cm³/mol. The molecule has 2 aromatic carbocycles. The number of nitrogens with one attached hydrogen (secondary N) is 2. The van der Waals surface area contributed by atoms with Crippen molar-refractivity contribution in [3.63, 3.8) is 0 Å². The van der Waals surface area contributed by atoms with Gasteiger partial charge in [0.05, 0.1) is 0 Å². The normalized spacial score (nSPS) is 10.4. The van der Waals surface area contributed by atoms with Crippen LogP contribution in [-0.2, 0) is 6.54 Å². The van der Waals surface area contributed by atoms with Crippen molar-refractivity contribution >= 4 is 17.4 Å². The van der Waals surface area contributed by atoms with E-state index in [9.17, 15) is 4.79 Å². The van der Waals surface area contributed by atoms with E-state index in [1.54, 1.807) is 13.0 Å². The Labute approximate surface area is 153 Å². The highest BCUT2D eigenvalue weighted by Crippen LogP contribution is 2.16. The van der Waals surface area contributed by atoms with Crippen molar-refractivity contribution in [2.75, 3.05) is 5.32 Å². The molecule has 0 bridgehead atoms. The van der Waals surface area contributed by atoms with Gasteiger partial charge in [-0.05, 0) is 44.0 Å². The fourth-order valence-electron chi connectivity index (χ4n) is 2.60. The quantitative estimate of drug-likeness (QED) is 0.731. The first-order valence-electron chi connectivity index (χ1n) is 8.53. The van der Waals surface area contributed by atoms with Gasteiger partial charge in [0, 0.05) is 18.3 Å². The van der Waals surface area contributed by atoms with Crippen molar-refractivity contribution in [3.05, 3.63) is 82.8 Å². The Kier molecular flexibility index (Phi) is 5.27. The van der Waals surface area contributed by atoms with Crippen molar-refractivity contribution in [3.8, 4) is 0 Å². The first-order valence-corrected chi connectivity index (χ1v) is 8.53. The molecule has 0 saturated heterocycles. The second-order valence-corrected chi connectivity index (χ2v) is 6.35. The lowest BCUT2D eigenvalue weighted by atomic mass is 10.1. The van der Waals surface area contributed by atoms with Gasteiger partial charge in [-0.2, -0.15) is 0 Å². The Morgan fingerprint density at radius 1 is 0.923 bits per heavy atom. The number of hydrogen-bond acceptors (Lipinski definition) is 4. The third-order valence-corrected chi connectivity index (χ3v) is 3.93. The van der Waals surface area contributed by atoms with Crippen molar-refractivity contribution in [1.82, 2.24) is 15.3 Å². The molecule has 1 heterocycles. The van der Waals surface area contributed by atoms with E-state index >= 15 is 0 Å². The number of anilines is 2. The minimum Gasteiger partial charge on any atom is -0.347 e. The molecule has 0 fully saturated rings. The van der Waals surface area contributed by atoms with Crippen LogP contribution in [0.5, 0.6) is 0 Å². The first kappa shape index (κ1) is 17.6. The van der Waals surface area contributed by atoms with E-state index in [1.807, 2.05) is 62.4 Å². The Morgan fingerprint density at radius 3 is 2.42 bits per heavy atom. The molecular formula is C21H22N4O. The number of amides is 1. The van der Waals surface area contributed by atoms with E-state index in [0.717, 1.165) is 16.8 Å².